The Hall–Kier alpha value is -3.72. The van der Waals surface area contributed by atoms with E-state index in [-0.39, 0.29) is 10.6 Å². The fourth-order valence-electron chi connectivity index (χ4n) is 3.81. The van der Waals surface area contributed by atoms with Gasteiger partial charge in [-0.2, -0.15) is 0 Å². The third-order valence-corrected chi connectivity index (χ3v) is 7.23. The van der Waals surface area contributed by atoms with Crippen LogP contribution >= 0.6 is 0 Å². The summed E-state index contributed by atoms with van der Waals surface area (Å²) in [6.07, 6.45) is 1.36. The molecule has 0 aliphatic carbocycles. The monoisotopic (exact) mass is 451 g/mol. The van der Waals surface area contributed by atoms with E-state index >= 15 is 0 Å². The van der Waals surface area contributed by atoms with Gasteiger partial charge in [-0.1, -0.05) is 18.2 Å². The Labute approximate surface area is 185 Å². The van der Waals surface area contributed by atoms with E-state index in [0.29, 0.717) is 41.9 Å². The van der Waals surface area contributed by atoms with Crippen molar-refractivity contribution in [1.29, 1.82) is 0 Å². The van der Waals surface area contributed by atoms with Gasteiger partial charge in [0.2, 0.25) is 0 Å². The highest BCUT2D eigenvalue weighted by atomic mass is 32.2. The normalized spacial score (nSPS) is 13.3. The zero-order valence-corrected chi connectivity index (χ0v) is 18.1. The molecule has 8 nitrogen and oxygen atoms in total. The van der Waals surface area contributed by atoms with Crippen LogP contribution in [0.15, 0.2) is 71.6 Å². The number of fused-ring (bicyclic) bond motifs is 1. The molecule has 0 radical (unpaired) electrons. The van der Waals surface area contributed by atoms with Crippen LogP contribution in [0.2, 0.25) is 0 Å². The Morgan fingerprint density at radius 3 is 2.50 bits per heavy atom. The minimum absolute atomic E-state index is 0.0463. The Bertz CT molecular complexity index is 1310. The summed E-state index contributed by atoms with van der Waals surface area (Å²) in [5, 5.41) is 13.8. The minimum atomic E-state index is -3.68. The number of anilines is 2. The van der Waals surface area contributed by atoms with Crippen molar-refractivity contribution in [2.45, 2.75) is 24.7 Å². The third kappa shape index (κ3) is 4.06. The number of sulfonamides is 1. The van der Waals surface area contributed by atoms with Gasteiger partial charge in [-0.05, 0) is 67.8 Å². The molecular formula is C23H21N3O5S. The van der Waals surface area contributed by atoms with Crippen molar-refractivity contribution in [1.82, 2.24) is 0 Å². The summed E-state index contributed by atoms with van der Waals surface area (Å²) < 4.78 is 27.6. The first-order valence-electron chi connectivity index (χ1n) is 10.0. The van der Waals surface area contributed by atoms with E-state index in [2.05, 4.69) is 5.32 Å². The molecule has 3 aromatic carbocycles. The number of carbonyl (C=O) groups is 1. The molecule has 1 aliphatic heterocycles. The van der Waals surface area contributed by atoms with Gasteiger partial charge in [0, 0.05) is 29.4 Å². The first kappa shape index (κ1) is 21.5. The predicted molar refractivity (Wildman–Crippen MR) is 122 cm³/mol. The Morgan fingerprint density at radius 2 is 1.81 bits per heavy atom. The largest absolute Gasteiger partial charge is 0.322 e. The van der Waals surface area contributed by atoms with Crippen LogP contribution in [0.4, 0.5) is 17.1 Å². The summed E-state index contributed by atoms with van der Waals surface area (Å²) >= 11 is 0. The highest BCUT2D eigenvalue weighted by Crippen LogP contribution is 2.34. The SMILES string of the molecule is Cc1cc(C(=O)Nc2ccc3c(c2)CCCN3S(=O)(=O)c2ccccc2)ccc1[N+](=O)[O-]. The number of benzene rings is 3. The summed E-state index contributed by atoms with van der Waals surface area (Å²) in [6, 6.07) is 17.6. The van der Waals surface area contributed by atoms with Gasteiger partial charge in [0.05, 0.1) is 15.5 Å². The lowest BCUT2D eigenvalue weighted by atomic mass is 10.0. The van der Waals surface area contributed by atoms with E-state index in [1.54, 1.807) is 55.5 Å². The van der Waals surface area contributed by atoms with E-state index in [1.807, 2.05) is 0 Å². The number of nitrogens with one attached hydrogen (secondary N) is 1. The summed E-state index contributed by atoms with van der Waals surface area (Å²) in [5.74, 6) is -0.396. The molecule has 0 aromatic heterocycles. The lowest BCUT2D eigenvalue weighted by Crippen LogP contribution is -2.35. The van der Waals surface area contributed by atoms with E-state index in [4.69, 9.17) is 0 Å². The Morgan fingerprint density at radius 1 is 1.06 bits per heavy atom. The lowest BCUT2D eigenvalue weighted by Gasteiger charge is -2.30. The zero-order chi connectivity index (χ0) is 22.9. The molecule has 164 valence electrons. The molecule has 0 bridgehead atoms. The van der Waals surface area contributed by atoms with Crippen LogP contribution in [-0.2, 0) is 16.4 Å². The number of hydrogen-bond donors (Lipinski definition) is 1. The summed E-state index contributed by atoms with van der Waals surface area (Å²) in [4.78, 5) is 23.4. The molecule has 3 aromatic rings. The average Bonchev–Trinajstić information content (AvgIpc) is 2.78. The van der Waals surface area contributed by atoms with Crippen molar-refractivity contribution in [3.05, 3.63) is 93.5 Å². The minimum Gasteiger partial charge on any atom is -0.322 e. The van der Waals surface area contributed by atoms with Crippen molar-refractivity contribution < 1.29 is 18.1 Å². The second-order valence-corrected chi connectivity index (χ2v) is 9.41. The molecule has 0 saturated heterocycles. The maximum absolute atomic E-state index is 13.1. The Balaban J connectivity index is 1.59. The van der Waals surface area contributed by atoms with Crippen molar-refractivity contribution in [2.75, 3.05) is 16.2 Å². The molecule has 1 aliphatic rings. The van der Waals surface area contributed by atoms with E-state index in [1.165, 1.54) is 22.5 Å². The number of nitro groups is 1. The molecule has 32 heavy (non-hydrogen) atoms. The molecule has 1 heterocycles. The smallest absolute Gasteiger partial charge is 0.272 e. The fraction of sp³-hybridized carbons (Fsp3) is 0.174. The standard InChI is InChI=1S/C23H21N3O5S/c1-16-14-18(9-11-21(16)26(28)29)23(27)24-19-10-12-22-17(15-19)6-5-13-25(22)32(30,31)20-7-3-2-4-8-20/h2-4,7-12,14-15H,5-6,13H2,1H3,(H,24,27). The molecule has 1 amide bonds. The number of carbonyl (C=O) groups excluding carboxylic acids is 1. The van der Waals surface area contributed by atoms with Gasteiger partial charge in [-0.25, -0.2) is 8.42 Å². The number of amides is 1. The van der Waals surface area contributed by atoms with Gasteiger partial charge in [-0.15, -0.1) is 0 Å². The van der Waals surface area contributed by atoms with Crippen LogP contribution in [-0.4, -0.2) is 25.8 Å². The van der Waals surface area contributed by atoms with Gasteiger partial charge < -0.3 is 5.32 Å². The van der Waals surface area contributed by atoms with Gasteiger partial charge >= 0.3 is 0 Å². The number of hydrogen-bond acceptors (Lipinski definition) is 5. The second kappa shape index (κ2) is 8.43. The second-order valence-electron chi connectivity index (χ2n) is 7.55. The number of nitrogens with zero attached hydrogens (tertiary/aromatic N) is 2. The van der Waals surface area contributed by atoms with E-state index in [0.717, 1.165) is 5.56 Å². The van der Waals surface area contributed by atoms with Crippen molar-refractivity contribution in [3.8, 4) is 0 Å². The topological polar surface area (TPSA) is 110 Å². The lowest BCUT2D eigenvalue weighted by molar-refractivity contribution is -0.385. The maximum atomic E-state index is 13.1. The molecule has 1 N–H and O–H groups in total. The van der Waals surface area contributed by atoms with Gasteiger partial charge in [0.15, 0.2) is 0 Å². The number of nitro benzene ring substituents is 1. The third-order valence-electron chi connectivity index (χ3n) is 5.40. The van der Waals surface area contributed by atoms with Gasteiger partial charge in [-0.3, -0.25) is 19.2 Å². The van der Waals surface area contributed by atoms with E-state index < -0.39 is 20.9 Å². The van der Waals surface area contributed by atoms with E-state index in [9.17, 15) is 23.3 Å². The number of rotatable bonds is 5. The van der Waals surface area contributed by atoms with Crippen LogP contribution in [0.1, 0.15) is 27.9 Å². The van der Waals surface area contributed by atoms with Crippen LogP contribution in [0.3, 0.4) is 0 Å². The molecule has 0 saturated carbocycles. The molecule has 9 heteroatoms. The predicted octanol–water partition coefficient (Wildman–Crippen LogP) is 4.30. The first-order valence-corrected chi connectivity index (χ1v) is 11.5. The highest BCUT2D eigenvalue weighted by Gasteiger charge is 2.29. The summed E-state index contributed by atoms with van der Waals surface area (Å²) in [6.45, 7) is 1.97. The van der Waals surface area contributed by atoms with Crippen molar-refractivity contribution in [3.63, 3.8) is 0 Å². The summed E-state index contributed by atoms with van der Waals surface area (Å²) in [5.41, 5.74) is 2.62. The van der Waals surface area contributed by atoms with Crippen molar-refractivity contribution >= 4 is 33.0 Å². The summed E-state index contributed by atoms with van der Waals surface area (Å²) in [7, 11) is -3.68. The molecule has 0 atom stereocenters. The van der Waals surface area contributed by atoms with Gasteiger partial charge in [0.1, 0.15) is 0 Å². The first-order chi connectivity index (χ1) is 15.3. The molecular weight excluding hydrogens is 430 g/mol. The Kier molecular flexibility index (Phi) is 5.67. The van der Waals surface area contributed by atoms with Crippen molar-refractivity contribution in [2.24, 2.45) is 0 Å². The van der Waals surface area contributed by atoms with Gasteiger partial charge in [0.25, 0.3) is 21.6 Å². The molecule has 0 unspecified atom stereocenters. The molecule has 0 fully saturated rings. The van der Waals surface area contributed by atoms with Crippen LogP contribution in [0.5, 0.6) is 0 Å². The quantitative estimate of drug-likeness (QED) is 0.459. The zero-order valence-electron chi connectivity index (χ0n) is 17.3. The average molecular weight is 452 g/mol. The number of aryl methyl sites for hydroxylation is 2. The molecule has 0 spiro atoms. The highest BCUT2D eigenvalue weighted by molar-refractivity contribution is 7.92. The van der Waals surface area contributed by atoms with Crippen LogP contribution < -0.4 is 9.62 Å². The fourth-order valence-corrected chi connectivity index (χ4v) is 5.38. The van der Waals surface area contributed by atoms with Crippen LogP contribution in [0.25, 0.3) is 0 Å². The molecule has 4 rings (SSSR count). The maximum Gasteiger partial charge on any atom is 0.272 e. The van der Waals surface area contributed by atoms with Crippen LogP contribution in [0, 0.1) is 17.0 Å².